The molecule has 3 heterocycles. The molecule has 4 rings (SSSR count). The maximum atomic E-state index is 12.8. The minimum absolute atomic E-state index is 0.00971. The number of furan rings is 1. The molecule has 0 atom stereocenters. The Morgan fingerprint density at radius 3 is 2.81 bits per heavy atom. The van der Waals surface area contributed by atoms with Gasteiger partial charge in [-0.25, -0.2) is 0 Å². The highest BCUT2D eigenvalue weighted by Crippen LogP contribution is 2.28. The van der Waals surface area contributed by atoms with Gasteiger partial charge in [0, 0.05) is 30.2 Å². The zero-order valence-electron chi connectivity index (χ0n) is 14.6. The fourth-order valence-corrected chi connectivity index (χ4v) is 3.21. The Hall–Kier alpha value is -3.79. The molecule has 0 unspecified atom stereocenters. The lowest BCUT2D eigenvalue weighted by Gasteiger charge is -2.17. The lowest BCUT2D eigenvalue weighted by Crippen LogP contribution is -2.19. The molecule has 0 saturated heterocycles. The third-order valence-corrected chi connectivity index (χ3v) is 4.50. The molecule has 0 bridgehead atoms. The van der Waals surface area contributed by atoms with Gasteiger partial charge in [0.2, 0.25) is 11.8 Å². The van der Waals surface area contributed by atoms with E-state index in [9.17, 15) is 14.9 Å². The number of anilines is 2. The zero-order chi connectivity index (χ0) is 19.0. The molecule has 0 aliphatic carbocycles. The van der Waals surface area contributed by atoms with Crippen molar-refractivity contribution in [1.29, 1.82) is 5.26 Å². The molecule has 1 aromatic carbocycles. The summed E-state index contributed by atoms with van der Waals surface area (Å²) >= 11 is 0. The van der Waals surface area contributed by atoms with Gasteiger partial charge in [-0.05, 0) is 49.2 Å². The summed E-state index contributed by atoms with van der Waals surface area (Å²) in [4.78, 5) is 24.3. The van der Waals surface area contributed by atoms with E-state index in [1.54, 1.807) is 36.0 Å². The maximum absolute atomic E-state index is 12.8. The second kappa shape index (κ2) is 6.50. The van der Waals surface area contributed by atoms with Crippen LogP contribution in [0.15, 0.2) is 47.1 Å². The van der Waals surface area contributed by atoms with E-state index in [0.29, 0.717) is 30.2 Å². The van der Waals surface area contributed by atoms with E-state index in [0.717, 1.165) is 11.3 Å². The Morgan fingerprint density at radius 2 is 2.07 bits per heavy atom. The number of rotatable bonds is 3. The van der Waals surface area contributed by atoms with E-state index >= 15 is 0 Å². The standard InChI is InChI=1S/C20H16N4O3/c1-12-18(15(11-21)20(27-12)24-8-2-3-9-24)19(26)22-14-5-6-16-13(10-14)4-7-17(25)23-16/h2-3,5-6,8-10H,4,7H2,1H3,(H,22,26)(H,23,25). The van der Waals surface area contributed by atoms with E-state index in [-0.39, 0.29) is 17.0 Å². The van der Waals surface area contributed by atoms with Crippen LogP contribution in [-0.4, -0.2) is 16.4 Å². The molecule has 3 aromatic rings. The molecule has 2 aromatic heterocycles. The first-order valence-electron chi connectivity index (χ1n) is 8.48. The molecular formula is C20H16N4O3. The van der Waals surface area contributed by atoms with Crippen molar-refractivity contribution < 1.29 is 14.0 Å². The maximum Gasteiger partial charge on any atom is 0.260 e. The molecule has 2 N–H and O–H groups in total. The smallest absolute Gasteiger partial charge is 0.260 e. The minimum atomic E-state index is -0.411. The van der Waals surface area contributed by atoms with Crippen molar-refractivity contribution >= 4 is 23.2 Å². The zero-order valence-corrected chi connectivity index (χ0v) is 14.6. The molecule has 1 aliphatic heterocycles. The Morgan fingerprint density at radius 1 is 1.30 bits per heavy atom. The Kier molecular flexibility index (Phi) is 4.01. The van der Waals surface area contributed by atoms with Crippen molar-refractivity contribution in [2.75, 3.05) is 10.6 Å². The second-order valence-electron chi connectivity index (χ2n) is 6.29. The molecule has 0 fully saturated rings. The summed E-state index contributed by atoms with van der Waals surface area (Å²) in [5.41, 5.74) is 2.72. The monoisotopic (exact) mass is 360 g/mol. The molecule has 1 aliphatic rings. The summed E-state index contributed by atoms with van der Waals surface area (Å²) in [6.45, 7) is 1.66. The third kappa shape index (κ3) is 2.98. The van der Waals surface area contributed by atoms with Crippen LogP contribution < -0.4 is 10.6 Å². The predicted octanol–water partition coefficient (Wildman–Crippen LogP) is 3.39. The van der Waals surface area contributed by atoms with Crippen LogP contribution in [0.2, 0.25) is 0 Å². The fourth-order valence-electron chi connectivity index (χ4n) is 3.21. The number of aryl methyl sites for hydroxylation is 2. The van der Waals surface area contributed by atoms with Crippen molar-refractivity contribution in [3.05, 3.63) is 65.2 Å². The first kappa shape index (κ1) is 16.7. The van der Waals surface area contributed by atoms with Gasteiger partial charge in [0.1, 0.15) is 23.0 Å². The molecule has 7 heteroatoms. The lowest BCUT2D eigenvalue weighted by atomic mass is 10.0. The molecule has 0 saturated carbocycles. The van der Waals surface area contributed by atoms with Gasteiger partial charge in [-0.2, -0.15) is 5.26 Å². The van der Waals surface area contributed by atoms with Crippen LogP contribution in [0.1, 0.15) is 33.7 Å². The number of hydrogen-bond donors (Lipinski definition) is 2. The van der Waals surface area contributed by atoms with Crippen LogP contribution in [0, 0.1) is 18.3 Å². The van der Waals surface area contributed by atoms with Crippen LogP contribution in [0.3, 0.4) is 0 Å². The van der Waals surface area contributed by atoms with E-state index in [4.69, 9.17) is 4.42 Å². The number of nitrogens with one attached hydrogen (secondary N) is 2. The van der Waals surface area contributed by atoms with Crippen LogP contribution in [0.5, 0.6) is 0 Å². The number of nitrogens with zero attached hydrogens (tertiary/aromatic N) is 2. The van der Waals surface area contributed by atoms with Crippen LogP contribution >= 0.6 is 0 Å². The molecule has 134 valence electrons. The molecule has 2 amide bonds. The van der Waals surface area contributed by atoms with E-state index < -0.39 is 5.91 Å². The van der Waals surface area contributed by atoms with Crippen molar-refractivity contribution in [1.82, 2.24) is 4.57 Å². The number of benzene rings is 1. The van der Waals surface area contributed by atoms with Gasteiger partial charge in [-0.3, -0.25) is 14.2 Å². The van der Waals surface area contributed by atoms with Crippen LogP contribution in [0.25, 0.3) is 5.88 Å². The summed E-state index contributed by atoms with van der Waals surface area (Å²) in [6, 6.07) is 11.0. The van der Waals surface area contributed by atoms with E-state index in [1.807, 2.05) is 18.2 Å². The number of nitriles is 1. The average molecular weight is 360 g/mol. The van der Waals surface area contributed by atoms with Gasteiger partial charge in [-0.1, -0.05) is 0 Å². The first-order chi connectivity index (χ1) is 13.1. The molecular weight excluding hydrogens is 344 g/mol. The Labute approximate surface area is 155 Å². The SMILES string of the molecule is Cc1oc(-n2cccc2)c(C#N)c1C(=O)Nc1ccc2c(c1)CCC(=O)N2. The fraction of sp³-hybridized carbons (Fsp3) is 0.150. The topological polar surface area (TPSA) is 100 Å². The number of carbonyl (C=O) groups excluding carboxylic acids is 2. The third-order valence-electron chi connectivity index (χ3n) is 4.50. The molecule has 0 radical (unpaired) electrons. The van der Waals surface area contributed by atoms with Crippen LogP contribution in [-0.2, 0) is 11.2 Å². The Balaban J connectivity index is 1.64. The predicted molar refractivity (Wildman–Crippen MR) is 98.8 cm³/mol. The average Bonchev–Trinajstić information content (AvgIpc) is 3.29. The molecule has 7 nitrogen and oxygen atoms in total. The highest BCUT2D eigenvalue weighted by molar-refractivity contribution is 6.07. The number of carbonyl (C=O) groups is 2. The molecule has 0 spiro atoms. The summed E-state index contributed by atoms with van der Waals surface area (Å²) < 4.78 is 7.33. The van der Waals surface area contributed by atoms with Gasteiger partial charge in [-0.15, -0.1) is 0 Å². The number of amides is 2. The van der Waals surface area contributed by atoms with Gasteiger partial charge in [0.15, 0.2) is 0 Å². The summed E-state index contributed by atoms with van der Waals surface area (Å²) in [5.74, 6) is 0.270. The highest BCUT2D eigenvalue weighted by Gasteiger charge is 2.25. The van der Waals surface area contributed by atoms with Crippen molar-refractivity contribution in [3.63, 3.8) is 0 Å². The first-order valence-corrected chi connectivity index (χ1v) is 8.48. The second-order valence-corrected chi connectivity index (χ2v) is 6.29. The van der Waals surface area contributed by atoms with Gasteiger partial charge in [0.25, 0.3) is 5.91 Å². The van der Waals surface area contributed by atoms with Gasteiger partial charge >= 0.3 is 0 Å². The highest BCUT2D eigenvalue weighted by atomic mass is 16.4. The minimum Gasteiger partial charge on any atom is -0.443 e. The Bertz CT molecular complexity index is 1090. The van der Waals surface area contributed by atoms with Gasteiger partial charge < -0.3 is 15.1 Å². The van der Waals surface area contributed by atoms with Gasteiger partial charge in [0.05, 0.1) is 0 Å². The summed E-state index contributed by atoms with van der Waals surface area (Å²) in [5, 5.41) is 15.2. The van der Waals surface area contributed by atoms with Crippen LogP contribution in [0.4, 0.5) is 11.4 Å². The van der Waals surface area contributed by atoms with E-state index in [2.05, 4.69) is 16.7 Å². The largest absolute Gasteiger partial charge is 0.443 e. The number of hydrogen-bond acceptors (Lipinski definition) is 4. The van der Waals surface area contributed by atoms with Crippen molar-refractivity contribution in [2.24, 2.45) is 0 Å². The van der Waals surface area contributed by atoms with E-state index in [1.165, 1.54) is 0 Å². The quantitative estimate of drug-likeness (QED) is 0.748. The number of aromatic nitrogens is 1. The normalized spacial score (nSPS) is 12.8. The molecule has 27 heavy (non-hydrogen) atoms. The summed E-state index contributed by atoms with van der Waals surface area (Å²) in [7, 11) is 0. The lowest BCUT2D eigenvalue weighted by molar-refractivity contribution is -0.116. The van der Waals surface area contributed by atoms with Crippen molar-refractivity contribution in [3.8, 4) is 12.0 Å². The number of fused-ring (bicyclic) bond motifs is 1. The summed E-state index contributed by atoms with van der Waals surface area (Å²) in [6.07, 6.45) is 4.54. The van der Waals surface area contributed by atoms with Crippen molar-refractivity contribution in [2.45, 2.75) is 19.8 Å².